The molecule has 2 N–H and O–H groups in total. The topological polar surface area (TPSA) is 50.7 Å². The number of hydrogen-bond acceptors (Lipinski definition) is 4. The standard InChI is InChI=1S/C15H25NO3/c1-11-8-14(19-5)12(9-13(11)18-4)6-7-16-15(2,3)10-17/h8-9,16-17H,6-7,10H2,1-5H3. The first kappa shape index (κ1) is 15.8. The fraction of sp³-hybridized carbons (Fsp3) is 0.600. The highest BCUT2D eigenvalue weighted by Crippen LogP contribution is 2.28. The average Bonchev–Trinajstić information content (AvgIpc) is 2.39. The molecule has 4 nitrogen and oxygen atoms in total. The summed E-state index contributed by atoms with van der Waals surface area (Å²) in [6.45, 7) is 6.83. The molecular weight excluding hydrogens is 242 g/mol. The maximum Gasteiger partial charge on any atom is 0.122 e. The molecule has 0 atom stereocenters. The van der Waals surface area contributed by atoms with Crippen LogP contribution in [-0.2, 0) is 6.42 Å². The van der Waals surface area contributed by atoms with Gasteiger partial charge in [-0.15, -0.1) is 0 Å². The van der Waals surface area contributed by atoms with Crippen LogP contribution in [0, 0.1) is 6.92 Å². The second-order valence-electron chi connectivity index (χ2n) is 5.35. The van der Waals surface area contributed by atoms with E-state index < -0.39 is 0 Å². The number of ether oxygens (including phenoxy) is 2. The normalized spacial score (nSPS) is 11.5. The quantitative estimate of drug-likeness (QED) is 0.792. The lowest BCUT2D eigenvalue weighted by molar-refractivity contribution is 0.189. The van der Waals surface area contributed by atoms with Gasteiger partial charge in [-0.1, -0.05) is 0 Å². The molecule has 0 bridgehead atoms. The van der Waals surface area contributed by atoms with Gasteiger partial charge in [0.15, 0.2) is 0 Å². The van der Waals surface area contributed by atoms with Crippen molar-refractivity contribution in [1.29, 1.82) is 0 Å². The number of benzene rings is 1. The largest absolute Gasteiger partial charge is 0.496 e. The van der Waals surface area contributed by atoms with E-state index in [-0.39, 0.29) is 12.1 Å². The molecular formula is C15H25NO3. The molecule has 0 aromatic heterocycles. The number of methoxy groups -OCH3 is 2. The first-order valence-corrected chi connectivity index (χ1v) is 6.51. The number of rotatable bonds is 7. The zero-order chi connectivity index (χ0) is 14.5. The fourth-order valence-corrected chi connectivity index (χ4v) is 1.90. The van der Waals surface area contributed by atoms with Gasteiger partial charge in [0, 0.05) is 5.54 Å². The summed E-state index contributed by atoms with van der Waals surface area (Å²) < 4.78 is 10.7. The molecule has 0 saturated heterocycles. The minimum atomic E-state index is -0.262. The minimum Gasteiger partial charge on any atom is -0.496 e. The van der Waals surface area contributed by atoms with E-state index in [0.29, 0.717) is 0 Å². The summed E-state index contributed by atoms with van der Waals surface area (Å²) in [5.41, 5.74) is 1.90. The second-order valence-corrected chi connectivity index (χ2v) is 5.35. The monoisotopic (exact) mass is 267 g/mol. The van der Waals surface area contributed by atoms with Crippen molar-refractivity contribution in [2.24, 2.45) is 0 Å². The Labute approximate surface area is 115 Å². The van der Waals surface area contributed by atoms with Gasteiger partial charge in [0.2, 0.25) is 0 Å². The van der Waals surface area contributed by atoms with Crippen molar-refractivity contribution < 1.29 is 14.6 Å². The number of nitrogens with one attached hydrogen (secondary N) is 1. The summed E-state index contributed by atoms with van der Waals surface area (Å²) in [5.74, 6) is 1.75. The number of aliphatic hydroxyl groups excluding tert-OH is 1. The Morgan fingerprint density at radius 1 is 1.16 bits per heavy atom. The Morgan fingerprint density at radius 2 is 1.79 bits per heavy atom. The minimum absolute atomic E-state index is 0.112. The Balaban J connectivity index is 2.77. The van der Waals surface area contributed by atoms with Crippen molar-refractivity contribution in [3.05, 3.63) is 23.3 Å². The third-order valence-corrected chi connectivity index (χ3v) is 3.19. The van der Waals surface area contributed by atoms with Gasteiger partial charge < -0.3 is 19.9 Å². The third kappa shape index (κ3) is 4.40. The van der Waals surface area contributed by atoms with Crippen molar-refractivity contribution in [2.45, 2.75) is 32.7 Å². The van der Waals surface area contributed by atoms with E-state index in [1.165, 1.54) is 0 Å². The molecule has 0 aliphatic carbocycles. The number of aliphatic hydroxyl groups is 1. The summed E-state index contributed by atoms with van der Waals surface area (Å²) in [5, 5.41) is 12.5. The molecule has 0 amide bonds. The molecule has 19 heavy (non-hydrogen) atoms. The van der Waals surface area contributed by atoms with E-state index in [1.54, 1.807) is 14.2 Å². The molecule has 1 aromatic carbocycles. The molecule has 0 heterocycles. The first-order chi connectivity index (χ1) is 8.93. The molecule has 4 heteroatoms. The van der Waals surface area contributed by atoms with Crippen molar-refractivity contribution >= 4 is 0 Å². The molecule has 0 unspecified atom stereocenters. The van der Waals surface area contributed by atoms with Gasteiger partial charge in [0.05, 0.1) is 20.8 Å². The average molecular weight is 267 g/mol. The van der Waals surface area contributed by atoms with E-state index in [1.807, 2.05) is 32.9 Å². The van der Waals surface area contributed by atoms with Gasteiger partial charge in [-0.3, -0.25) is 0 Å². The van der Waals surface area contributed by atoms with Crippen LogP contribution in [0.15, 0.2) is 12.1 Å². The van der Waals surface area contributed by atoms with E-state index in [2.05, 4.69) is 5.32 Å². The molecule has 0 spiro atoms. The zero-order valence-electron chi connectivity index (χ0n) is 12.5. The summed E-state index contributed by atoms with van der Waals surface area (Å²) >= 11 is 0. The van der Waals surface area contributed by atoms with Gasteiger partial charge in [-0.25, -0.2) is 0 Å². The van der Waals surface area contributed by atoms with Crippen LogP contribution in [0.1, 0.15) is 25.0 Å². The summed E-state index contributed by atoms with van der Waals surface area (Å²) in [6, 6.07) is 4.01. The van der Waals surface area contributed by atoms with Crippen LogP contribution in [0.3, 0.4) is 0 Å². The molecule has 108 valence electrons. The van der Waals surface area contributed by atoms with Crippen LogP contribution in [0.5, 0.6) is 11.5 Å². The Hall–Kier alpha value is -1.26. The Kier molecular flexibility index (Phi) is 5.63. The number of aryl methyl sites for hydroxylation is 1. The van der Waals surface area contributed by atoms with E-state index in [4.69, 9.17) is 9.47 Å². The van der Waals surface area contributed by atoms with E-state index in [9.17, 15) is 5.11 Å². The van der Waals surface area contributed by atoms with Crippen molar-refractivity contribution in [2.75, 3.05) is 27.4 Å². The predicted molar refractivity (Wildman–Crippen MR) is 77.2 cm³/mol. The summed E-state index contributed by atoms with van der Waals surface area (Å²) in [7, 11) is 3.35. The molecule has 1 aromatic rings. The van der Waals surface area contributed by atoms with Gasteiger partial charge >= 0.3 is 0 Å². The van der Waals surface area contributed by atoms with Crippen LogP contribution in [0.4, 0.5) is 0 Å². The van der Waals surface area contributed by atoms with Gasteiger partial charge in [-0.2, -0.15) is 0 Å². The molecule has 0 aliphatic rings. The van der Waals surface area contributed by atoms with Gasteiger partial charge in [-0.05, 0) is 57.0 Å². The molecule has 0 radical (unpaired) electrons. The lowest BCUT2D eigenvalue weighted by Gasteiger charge is -2.24. The van der Waals surface area contributed by atoms with Crippen molar-refractivity contribution in [3.8, 4) is 11.5 Å². The van der Waals surface area contributed by atoms with Gasteiger partial charge in [0.25, 0.3) is 0 Å². The van der Waals surface area contributed by atoms with Crippen LogP contribution in [-0.4, -0.2) is 38.0 Å². The maximum absolute atomic E-state index is 9.20. The zero-order valence-corrected chi connectivity index (χ0v) is 12.5. The fourth-order valence-electron chi connectivity index (χ4n) is 1.90. The number of hydrogen-bond donors (Lipinski definition) is 2. The Bertz CT molecular complexity index is 416. The third-order valence-electron chi connectivity index (χ3n) is 3.19. The summed E-state index contributed by atoms with van der Waals surface area (Å²) in [6.07, 6.45) is 0.823. The lowest BCUT2D eigenvalue weighted by Crippen LogP contribution is -2.43. The highest BCUT2D eigenvalue weighted by Gasteiger charge is 2.15. The summed E-state index contributed by atoms with van der Waals surface area (Å²) in [4.78, 5) is 0. The smallest absolute Gasteiger partial charge is 0.122 e. The second kappa shape index (κ2) is 6.78. The molecule has 0 saturated carbocycles. The van der Waals surface area contributed by atoms with Crippen molar-refractivity contribution in [3.63, 3.8) is 0 Å². The molecule has 0 aliphatic heterocycles. The van der Waals surface area contributed by atoms with Crippen LogP contribution >= 0.6 is 0 Å². The molecule has 0 fully saturated rings. The van der Waals surface area contributed by atoms with E-state index >= 15 is 0 Å². The first-order valence-electron chi connectivity index (χ1n) is 6.51. The Morgan fingerprint density at radius 3 is 2.32 bits per heavy atom. The molecule has 1 rings (SSSR count). The lowest BCUT2D eigenvalue weighted by atomic mass is 10.0. The van der Waals surface area contributed by atoms with Crippen LogP contribution in [0.2, 0.25) is 0 Å². The van der Waals surface area contributed by atoms with E-state index in [0.717, 1.165) is 35.6 Å². The highest BCUT2D eigenvalue weighted by atomic mass is 16.5. The van der Waals surface area contributed by atoms with Crippen LogP contribution < -0.4 is 14.8 Å². The van der Waals surface area contributed by atoms with Crippen molar-refractivity contribution in [1.82, 2.24) is 5.32 Å². The van der Waals surface area contributed by atoms with Crippen LogP contribution in [0.25, 0.3) is 0 Å². The SMILES string of the molecule is COc1cc(CCNC(C)(C)CO)c(OC)cc1C. The predicted octanol–water partition coefficient (Wildman–Crippen LogP) is 1.92. The highest BCUT2D eigenvalue weighted by molar-refractivity contribution is 5.46. The maximum atomic E-state index is 9.20. The van der Waals surface area contributed by atoms with Gasteiger partial charge in [0.1, 0.15) is 11.5 Å².